The SMILES string of the molecule is CC[C@@]1(Nc2nccc(-c3cc(N(C)C)nnc3-c3cccc(C(F)(F)F)c3)n2)C=CC=CC1. The van der Waals surface area contributed by atoms with Gasteiger partial charge in [0, 0.05) is 31.4 Å². The number of allylic oxidation sites excluding steroid dienone is 2. The standard InChI is InChI=1S/C25H25F3N6/c1-4-24(12-6-5-7-13-24)31-23-29-14-11-20(30-23)19-16-21(34(2)3)32-33-22(19)17-9-8-10-18(15-17)25(26,27)28/h5-12,14-16H,4,13H2,1-3H3,(H,29,30,31)/t24-/m1/s1. The summed E-state index contributed by atoms with van der Waals surface area (Å²) in [7, 11) is 3.64. The Labute approximate surface area is 196 Å². The molecule has 0 fully saturated rings. The number of halogens is 3. The van der Waals surface area contributed by atoms with Gasteiger partial charge in [0.1, 0.15) is 5.69 Å². The highest BCUT2D eigenvalue weighted by molar-refractivity contribution is 5.80. The summed E-state index contributed by atoms with van der Waals surface area (Å²) in [5.74, 6) is 0.988. The number of benzene rings is 1. The normalized spacial score (nSPS) is 17.6. The quantitative estimate of drug-likeness (QED) is 0.498. The largest absolute Gasteiger partial charge is 0.416 e. The average Bonchev–Trinajstić information content (AvgIpc) is 2.84. The van der Waals surface area contributed by atoms with Gasteiger partial charge in [0.2, 0.25) is 5.95 Å². The van der Waals surface area contributed by atoms with Crippen LogP contribution < -0.4 is 10.2 Å². The van der Waals surface area contributed by atoms with E-state index in [1.807, 2.05) is 26.2 Å². The van der Waals surface area contributed by atoms with Gasteiger partial charge >= 0.3 is 6.18 Å². The van der Waals surface area contributed by atoms with Gasteiger partial charge in [-0.25, -0.2) is 9.97 Å². The molecule has 2 heterocycles. The molecule has 0 saturated carbocycles. The van der Waals surface area contributed by atoms with E-state index in [2.05, 4.69) is 39.6 Å². The lowest BCUT2D eigenvalue weighted by molar-refractivity contribution is -0.137. The molecule has 4 rings (SSSR count). The van der Waals surface area contributed by atoms with Crippen molar-refractivity contribution in [2.75, 3.05) is 24.3 Å². The first kappa shape index (κ1) is 23.4. The highest BCUT2D eigenvalue weighted by Gasteiger charge is 2.31. The molecule has 1 aromatic carbocycles. The van der Waals surface area contributed by atoms with E-state index in [0.29, 0.717) is 34.3 Å². The Kier molecular flexibility index (Phi) is 6.37. The molecule has 0 saturated heterocycles. The van der Waals surface area contributed by atoms with E-state index in [0.717, 1.165) is 25.0 Å². The second-order valence-corrected chi connectivity index (χ2v) is 8.33. The Hall–Kier alpha value is -3.75. The van der Waals surface area contributed by atoms with Gasteiger partial charge in [-0.05, 0) is 37.1 Å². The van der Waals surface area contributed by atoms with Crippen LogP contribution in [0.4, 0.5) is 24.9 Å². The number of hydrogen-bond donors (Lipinski definition) is 1. The van der Waals surface area contributed by atoms with Crippen molar-refractivity contribution in [3.63, 3.8) is 0 Å². The predicted molar refractivity (Wildman–Crippen MR) is 127 cm³/mol. The molecule has 9 heteroatoms. The van der Waals surface area contributed by atoms with Gasteiger partial charge in [0.05, 0.1) is 16.8 Å². The first-order valence-electron chi connectivity index (χ1n) is 10.9. The van der Waals surface area contributed by atoms with Crippen molar-refractivity contribution in [1.82, 2.24) is 20.2 Å². The molecule has 34 heavy (non-hydrogen) atoms. The molecule has 0 radical (unpaired) electrons. The number of nitrogens with zero attached hydrogens (tertiary/aromatic N) is 5. The van der Waals surface area contributed by atoms with Crippen molar-refractivity contribution < 1.29 is 13.2 Å². The third-order valence-corrected chi connectivity index (χ3v) is 5.77. The minimum atomic E-state index is -4.46. The second-order valence-electron chi connectivity index (χ2n) is 8.33. The average molecular weight is 467 g/mol. The molecule has 0 aliphatic heterocycles. The van der Waals surface area contributed by atoms with Gasteiger partial charge in [-0.2, -0.15) is 13.2 Å². The van der Waals surface area contributed by atoms with Gasteiger partial charge < -0.3 is 10.2 Å². The third-order valence-electron chi connectivity index (χ3n) is 5.77. The van der Waals surface area contributed by atoms with Crippen LogP contribution in [0.1, 0.15) is 25.3 Å². The number of aromatic nitrogens is 4. The zero-order valence-electron chi connectivity index (χ0n) is 19.1. The molecule has 1 aliphatic rings. The fraction of sp³-hybridized carbons (Fsp3) is 0.280. The molecule has 1 atom stereocenters. The van der Waals surface area contributed by atoms with Crippen LogP contribution >= 0.6 is 0 Å². The lowest BCUT2D eigenvalue weighted by atomic mass is 9.89. The smallest absolute Gasteiger partial charge is 0.361 e. The molecule has 3 aromatic rings. The third kappa shape index (κ3) is 4.93. The Morgan fingerprint density at radius 3 is 2.59 bits per heavy atom. The predicted octanol–water partition coefficient (Wildman–Crippen LogP) is 5.76. The minimum absolute atomic E-state index is 0.303. The molecule has 1 aliphatic carbocycles. The molecule has 176 valence electrons. The second kappa shape index (κ2) is 9.24. The molecule has 2 aromatic heterocycles. The van der Waals surface area contributed by atoms with Crippen LogP contribution in [0.5, 0.6) is 0 Å². The van der Waals surface area contributed by atoms with E-state index >= 15 is 0 Å². The summed E-state index contributed by atoms with van der Waals surface area (Å²) in [4.78, 5) is 10.9. The summed E-state index contributed by atoms with van der Waals surface area (Å²) in [6.07, 6.45) is 6.96. The first-order valence-corrected chi connectivity index (χ1v) is 10.9. The number of nitrogens with one attached hydrogen (secondary N) is 1. The van der Waals surface area contributed by atoms with Crippen LogP contribution in [-0.4, -0.2) is 39.8 Å². The maximum Gasteiger partial charge on any atom is 0.416 e. The monoisotopic (exact) mass is 466 g/mol. The molecule has 1 N–H and O–H groups in total. The zero-order valence-corrected chi connectivity index (χ0v) is 19.1. The van der Waals surface area contributed by atoms with E-state index in [4.69, 9.17) is 4.98 Å². The Morgan fingerprint density at radius 1 is 1.09 bits per heavy atom. The summed E-state index contributed by atoms with van der Waals surface area (Å²) >= 11 is 0. The molecule has 6 nitrogen and oxygen atoms in total. The molecule has 0 amide bonds. The van der Waals surface area contributed by atoms with E-state index in [-0.39, 0.29) is 5.54 Å². The summed E-state index contributed by atoms with van der Waals surface area (Å²) in [5, 5.41) is 11.9. The zero-order chi connectivity index (χ0) is 24.3. The van der Waals surface area contributed by atoms with Gasteiger partial charge in [-0.15, -0.1) is 10.2 Å². The van der Waals surface area contributed by atoms with Crippen molar-refractivity contribution in [3.05, 3.63) is 72.5 Å². The van der Waals surface area contributed by atoms with Crippen molar-refractivity contribution in [3.8, 4) is 22.5 Å². The van der Waals surface area contributed by atoms with E-state index in [1.165, 1.54) is 6.07 Å². The van der Waals surface area contributed by atoms with Crippen molar-refractivity contribution >= 4 is 11.8 Å². The number of rotatable bonds is 6. The Bertz CT molecular complexity index is 1240. The van der Waals surface area contributed by atoms with E-state index < -0.39 is 11.7 Å². The summed E-state index contributed by atoms with van der Waals surface area (Å²) < 4.78 is 40.0. The topological polar surface area (TPSA) is 66.8 Å². The lowest BCUT2D eigenvalue weighted by Crippen LogP contribution is -2.36. The maximum absolute atomic E-state index is 13.3. The fourth-order valence-electron chi connectivity index (χ4n) is 3.75. The van der Waals surface area contributed by atoms with Crippen molar-refractivity contribution in [1.29, 1.82) is 0 Å². The summed E-state index contributed by atoms with van der Waals surface area (Å²) in [6, 6.07) is 8.55. The number of anilines is 2. The Balaban J connectivity index is 1.80. The molecular weight excluding hydrogens is 441 g/mol. The summed E-state index contributed by atoms with van der Waals surface area (Å²) in [6.45, 7) is 2.09. The van der Waals surface area contributed by atoms with E-state index in [1.54, 1.807) is 29.3 Å². The van der Waals surface area contributed by atoms with Gasteiger partial charge in [-0.1, -0.05) is 43.4 Å². The van der Waals surface area contributed by atoms with Crippen molar-refractivity contribution in [2.45, 2.75) is 31.5 Å². The lowest BCUT2D eigenvalue weighted by Gasteiger charge is -2.31. The fourth-order valence-corrected chi connectivity index (χ4v) is 3.75. The van der Waals surface area contributed by atoms with Crippen LogP contribution in [0.2, 0.25) is 0 Å². The van der Waals surface area contributed by atoms with Crippen LogP contribution in [0.15, 0.2) is 66.9 Å². The molecular formula is C25H25F3N6. The number of hydrogen-bond acceptors (Lipinski definition) is 6. The van der Waals surface area contributed by atoms with Crippen LogP contribution in [0.3, 0.4) is 0 Å². The van der Waals surface area contributed by atoms with Crippen LogP contribution in [-0.2, 0) is 6.18 Å². The summed E-state index contributed by atoms with van der Waals surface area (Å²) in [5.41, 5.74) is 0.662. The van der Waals surface area contributed by atoms with Gasteiger partial charge in [0.25, 0.3) is 0 Å². The van der Waals surface area contributed by atoms with Gasteiger partial charge in [-0.3, -0.25) is 0 Å². The molecule has 0 spiro atoms. The highest BCUT2D eigenvalue weighted by atomic mass is 19.4. The number of alkyl halides is 3. The molecule has 0 unspecified atom stereocenters. The van der Waals surface area contributed by atoms with Crippen molar-refractivity contribution in [2.24, 2.45) is 0 Å². The highest BCUT2D eigenvalue weighted by Crippen LogP contribution is 2.36. The van der Waals surface area contributed by atoms with Gasteiger partial charge in [0.15, 0.2) is 5.82 Å². The minimum Gasteiger partial charge on any atom is -0.361 e. The molecule has 0 bridgehead atoms. The first-order chi connectivity index (χ1) is 16.2. The van der Waals surface area contributed by atoms with E-state index in [9.17, 15) is 13.2 Å². The Morgan fingerprint density at radius 2 is 1.91 bits per heavy atom. The van der Waals surface area contributed by atoms with Crippen LogP contribution in [0, 0.1) is 0 Å². The maximum atomic E-state index is 13.3. The van der Waals surface area contributed by atoms with Crippen LogP contribution in [0.25, 0.3) is 22.5 Å².